The van der Waals surface area contributed by atoms with Crippen molar-refractivity contribution in [2.45, 2.75) is 13.5 Å². The molecule has 1 saturated heterocycles. The quantitative estimate of drug-likeness (QED) is 0.839. The molecule has 5 heteroatoms. The van der Waals surface area contributed by atoms with Crippen molar-refractivity contribution in [3.05, 3.63) is 52.0 Å². The lowest BCUT2D eigenvalue weighted by molar-refractivity contribution is -0.914. The van der Waals surface area contributed by atoms with Crippen LogP contribution >= 0.6 is 15.9 Å². The minimum Gasteiger partial charge on any atom is -0.503 e. The summed E-state index contributed by atoms with van der Waals surface area (Å²) in [6, 6.07) is 12.5. The number of nitrogens with one attached hydrogen (secondary N) is 1. The maximum Gasteiger partial charge on any atom is 0.172 e. The maximum absolute atomic E-state index is 9.93. The minimum absolute atomic E-state index is 0.167. The molecule has 0 saturated carbocycles. The van der Waals surface area contributed by atoms with E-state index < -0.39 is 0 Å². The summed E-state index contributed by atoms with van der Waals surface area (Å²) in [7, 11) is 1.58. The number of quaternary nitrogens is 1. The number of ether oxygens (including phenoxy) is 1. The largest absolute Gasteiger partial charge is 0.503 e. The Morgan fingerprint density at radius 3 is 2.58 bits per heavy atom. The molecular weight excluding hydrogens is 368 g/mol. The number of rotatable bonds is 4. The van der Waals surface area contributed by atoms with Crippen molar-refractivity contribution in [1.29, 1.82) is 0 Å². The molecule has 1 fully saturated rings. The molecule has 2 aromatic carbocycles. The number of halogens is 1. The zero-order valence-corrected chi connectivity index (χ0v) is 15.8. The molecule has 0 bridgehead atoms. The van der Waals surface area contributed by atoms with Gasteiger partial charge in [0.1, 0.15) is 6.54 Å². The molecule has 3 rings (SSSR count). The summed E-state index contributed by atoms with van der Waals surface area (Å²) in [5.41, 5.74) is 3.87. The van der Waals surface area contributed by atoms with E-state index in [0.29, 0.717) is 10.2 Å². The third-order valence-electron chi connectivity index (χ3n) is 4.69. The van der Waals surface area contributed by atoms with Crippen molar-refractivity contribution in [2.24, 2.45) is 0 Å². The summed E-state index contributed by atoms with van der Waals surface area (Å²) in [5.74, 6) is 0.693. The molecule has 0 aliphatic carbocycles. The Morgan fingerprint density at radius 1 is 1.21 bits per heavy atom. The van der Waals surface area contributed by atoms with Gasteiger partial charge in [-0.1, -0.05) is 18.2 Å². The highest BCUT2D eigenvalue weighted by atomic mass is 79.9. The predicted molar refractivity (Wildman–Crippen MR) is 100 cm³/mol. The molecule has 1 heterocycles. The number of nitrogens with zero attached hydrogens (tertiary/aromatic N) is 1. The summed E-state index contributed by atoms with van der Waals surface area (Å²) < 4.78 is 5.94. The van der Waals surface area contributed by atoms with Crippen LogP contribution in [0.15, 0.2) is 40.9 Å². The van der Waals surface area contributed by atoms with Gasteiger partial charge in [-0.15, -0.1) is 0 Å². The fourth-order valence-corrected chi connectivity index (χ4v) is 3.82. The first-order valence-corrected chi connectivity index (χ1v) is 9.07. The lowest BCUT2D eigenvalue weighted by Crippen LogP contribution is -3.13. The van der Waals surface area contributed by atoms with Crippen molar-refractivity contribution < 1.29 is 14.7 Å². The molecule has 4 nitrogen and oxygen atoms in total. The number of phenols is 1. The van der Waals surface area contributed by atoms with E-state index >= 15 is 0 Å². The third kappa shape index (κ3) is 3.68. The van der Waals surface area contributed by atoms with Gasteiger partial charge >= 0.3 is 0 Å². The van der Waals surface area contributed by atoms with Crippen LogP contribution in [-0.4, -0.2) is 38.4 Å². The van der Waals surface area contributed by atoms with Crippen molar-refractivity contribution in [2.75, 3.05) is 38.2 Å². The van der Waals surface area contributed by atoms with E-state index in [-0.39, 0.29) is 5.75 Å². The van der Waals surface area contributed by atoms with Crippen molar-refractivity contribution in [3.63, 3.8) is 0 Å². The number of hydrogen-bond acceptors (Lipinski definition) is 3. The Bertz CT molecular complexity index is 713. The molecule has 0 aromatic heterocycles. The van der Waals surface area contributed by atoms with Crippen LogP contribution in [0.1, 0.15) is 11.1 Å². The summed E-state index contributed by atoms with van der Waals surface area (Å²) in [6.45, 7) is 7.46. The van der Waals surface area contributed by atoms with Crippen LogP contribution in [0.25, 0.3) is 0 Å². The molecule has 2 aromatic rings. The number of methoxy groups -OCH3 is 1. The number of aryl methyl sites for hydroxylation is 1. The van der Waals surface area contributed by atoms with E-state index in [0.717, 1.165) is 32.7 Å². The lowest BCUT2D eigenvalue weighted by Gasteiger charge is -2.34. The number of phenolic OH excluding ortho intramolecular Hbond substituents is 1. The average Bonchev–Trinajstić information content (AvgIpc) is 2.59. The van der Waals surface area contributed by atoms with E-state index in [2.05, 4.69) is 52.0 Å². The highest BCUT2D eigenvalue weighted by molar-refractivity contribution is 9.10. The van der Waals surface area contributed by atoms with Gasteiger partial charge < -0.3 is 19.6 Å². The number of benzene rings is 2. The summed E-state index contributed by atoms with van der Waals surface area (Å²) in [4.78, 5) is 4.03. The second-order valence-electron chi connectivity index (χ2n) is 6.33. The topological polar surface area (TPSA) is 37.1 Å². The highest BCUT2D eigenvalue weighted by Gasteiger charge is 2.22. The third-order valence-corrected chi connectivity index (χ3v) is 5.29. The van der Waals surface area contributed by atoms with Crippen LogP contribution in [0.4, 0.5) is 5.69 Å². The standard InChI is InChI=1S/C19H23BrN2O2/c1-14-5-3-4-6-17(14)22-9-7-21(8-10-22)13-15-11-16(20)19(23)18(12-15)24-2/h3-6,11-12,23H,7-10,13H2,1-2H3/p+1. The molecule has 0 amide bonds. The molecule has 0 radical (unpaired) electrons. The van der Waals surface area contributed by atoms with Crippen LogP contribution in [0.2, 0.25) is 0 Å². The van der Waals surface area contributed by atoms with E-state index in [1.807, 2.05) is 12.1 Å². The van der Waals surface area contributed by atoms with Crippen LogP contribution in [0.3, 0.4) is 0 Å². The van der Waals surface area contributed by atoms with Gasteiger partial charge in [0, 0.05) is 11.3 Å². The molecule has 1 aliphatic rings. The van der Waals surface area contributed by atoms with Crippen LogP contribution in [0, 0.1) is 6.92 Å². The van der Waals surface area contributed by atoms with Gasteiger partial charge in [0.15, 0.2) is 11.5 Å². The second-order valence-corrected chi connectivity index (χ2v) is 7.18. The monoisotopic (exact) mass is 391 g/mol. The Kier molecular flexibility index (Phi) is 5.31. The first kappa shape index (κ1) is 17.1. The lowest BCUT2D eigenvalue weighted by atomic mass is 10.1. The molecule has 128 valence electrons. The Balaban J connectivity index is 1.64. The highest BCUT2D eigenvalue weighted by Crippen LogP contribution is 2.34. The zero-order chi connectivity index (χ0) is 17.1. The van der Waals surface area contributed by atoms with E-state index in [9.17, 15) is 5.11 Å². The summed E-state index contributed by atoms with van der Waals surface area (Å²) in [5, 5.41) is 9.93. The van der Waals surface area contributed by atoms with Crippen LogP contribution < -0.4 is 14.5 Å². The number of anilines is 1. The van der Waals surface area contributed by atoms with Gasteiger partial charge in [0.25, 0.3) is 0 Å². The Labute approximate surface area is 151 Å². The van der Waals surface area contributed by atoms with Gasteiger partial charge in [0.05, 0.1) is 37.8 Å². The van der Waals surface area contributed by atoms with Gasteiger partial charge in [-0.2, -0.15) is 0 Å². The van der Waals surface area contributed by atoms with Gasteiger partial charge in [-0.25, -0.2) is 0 Å². The van der Waals surface area contributed by atoms with E-state index in [4.69, 9.17) is 4.74 Å². The van der Waals surface area contributed by atoms with E-state index in [1.54, 1.807) is 12.0 Å². The summed E-state index contributed by atoms with van der Waals surface area (Å²) in [6.07, 6.45) is 0. The van der Waals surface area contributed by atoms with Crippen molar-refractivity contribution in [3.8, 4) is 11.5 Å². The van der Waals surface area contributed by atoms with Gasteiger partial charge in [-0.05, 0) is 46.6 Å². The first-order chi connectivity index (χ1) is 11.6. The SMILES string of the molecule is COc1cc(C[NH+]2CCN(c3ccccc3C)CC2)cc(Br)c1O. The smallest absolute Gasteiger partial charge is 0.172 e. The van der Waals surface area contributed by atoms with Crippen molar-refractivity contribution >= 4 is 21.6 Å². The van der Waals surface area contributed by atoms with Crippen LogP contribution in [-0.2, 0) is 6.54 Å². The molecule has 24 heavy (non-hydrogen) atoms. The van der Waals surface area contributed by atoms with E-state index in [1.165, 1.54) is 16.8 Å². The Morgan fingerprint density at radius 2 is 1.92 bits per heavy atom. The van der Waals surface area contributed by atoms with Gasteiger partial charge in [0.2, 0.25) is 0 Å². The minimum atomic E-state index is 0.167. The van der Waals surface area contributed by atoms with Crippen molar-refractivity contribution in [1.82, 2.24) is 0 Å². The molecular formula is C19H24BrN2O2+. The fourth-order valence-electron chi connectivity index (χ4n) is 3.33. The summed E-state index contributed by atoms with van der Waals surface area (Å²) >= 11 is 3.40. The molecule has 0 atom stereocenters. The molecule has 1 aliphatic heterocycles. The first-order valence-electron chi connectivity index (χ1n) is 8.28. The second kappa shape index (κ2) is 7.45. The number of piperazine rings is 1. The number of aromatic hydroxyl groups is 1. The molecule has 0 spiro atoms. The molecule has 2 N–H and O–H groups in total. The molecule has 0 unspecified atom stereocenters. The average molecular weight is 392 g/mol. The van der Waals surface area contributed by atoms with Gasteiger partial charge in [-0.3, -0.25) is 0 Å². The zero-order valence-electron chi connectivity index (χ0n) is 14.2. The fraction of sp³-hybridized carbons (Fsp3) is 0.368. The number of hydrogen-bond donors (Lipinski definition) is 2. The number of para-hydroxylation sites is 1. The Hall–Kier alpha value is -1.72. The normalized spacial score (nSPS) is 15.5. The predicted octanol–water partition coefficient (Wildman–Crippen LogP) is 2.38. The van der Waals surface area contributed by atoms with Crippen LogP contribution in [0.5, 0.6) is 11.5 Å². The maximum atomic E-state index is 9.93.